The van der Waals surface area contributed by atoms with Gasteiger partial charge < -0.3 is 20.5 Å². The molecule has 0 bridgehead atoms. The number of hydrogen-bond donors (Lipinski definition) is 3. The molecule has 0 saturated heterocycles. The van der Waals surface area contributed by atoms with E-state index in [0.29, 0.717) is 11.3 Å². The number of nitrogens with one attached hydrogen (secondary N) is 2. The van der Waals surface area contributed by atoms with Crippen LogP contribution in [0.25, 0.3) is 11.3 Å². The van der Waals surface area contributed by atoms with Crippen LogP contribution < -0.4 is 10.6 Å². The molecule has 4 rings (SSSR count). The van der Waals surface area contributed by atoms with Crippen LogP contribution in [-0.4, -0.2) is 24.4 Å². The average molecular weight is 372 g/mol. The van der Waals surface area contributed by atoms with Gasteiger partial charge in [-0.1, -0.05) is 60.7 Å². The number of methoxy groups -OCH3 is 1. The predicted octanol–water partition coefficient (Wildman–Crippen LogP) is 4.20. The van der Waals surface area contributed by atoms with Crippen molar-refractivity contribution in [3.8, 4) is 0 Å². The molecule has 140 valence electrons. The minimum Gasteiger partial charge on any atom is -0.465 e. The van der Waals surface area contributed by atoms with Crippen molar-refractivity contribution in [2.45, 2.75) is 6.23 Å². The molecule has 1 unspecified atom stereocenters. The number of carbonyl (C=O) groups is 1. The van der Waals surface area contributed by atoms with Gasteiger partial charge in [0.1, 0.15) is 0 Å². The number of ether oxygens (including phenoxy) is 1. The van der Waals surface area contributed by atoms with E-state index < -0.39 is 12.2 Å². The summed E-state index contributed by atoms with van der Waals surface area (Å²) in [4.78, 5) is 12.2. The fraction of sp³-hybridized carbons (Fsp3) is 0.0870. The van der Waals surface area contributed by atoms with Crippen LogP contribution in [0.4, 0.5) is 11.4 Å². The number of rotatable bonds is 4. The summed E-state index contributed by atoms with van der Waals surface area (Å²) in [7, 11) is 1.36. The number of benzene rings is 3. The molecule has 5 heteroatoms. The SMILES string of the molecule is COC(=O)c1ccccc1N/C(=C1/c2ccccc2NC1O)c1ccccc1. The third kappa shape index (κ3) is 3.23. The van der Waals surface area contributed by atoms with Crippen LogP contribution in [0.2, 0.25) is 0 Å². The van der Waals surface area contributed by atoms with Crippen LogP contribution in [0.3, 0.4) is 0 Å². The zero-order valence-corrected chi connectivity index (χ0v) is 15.3. The van der Waals surface area contributed by atoms with Gasteiger partial charge in [0.05, 0.1) is 24.1 Å². The van der Waals surface area contributed by atoms with Gasteiger partial charge in [-0.3, -0.25) is 0 Å². The summed E-state index contributed by atoms with van der Waals surface area (Å²) in [5.41, 5.74) is 5.15. The average Bonchev–Trinajstić information content (AvgIpc) is 3.08. The number of para-hydroxylation sites is 2. The highest BCUT2D eigenvalue weighted by atomic mass is 16.5. The Hall–Kier alpha value is -3.57. The molecule has 0 radical (unpaired) electrons. The van der Waals surface area contributed by atoms with E-state index in [1.54, 1.807) is 12.1 Å². The van der Waals surface area contributed by atoms with Gasteiger partial charge in [0.25, 0.3) is 0 Å². The number of esters is 1. The number of anilines is 2. The smallest absolute Gasteiger partial charge is 0.339 e. The number of aliphatic hydroxyl groups is 1. The molecule has 0 aromatic heterocycles. The Morgan fingerprint density at radius 1 is 0.964 bits per heavy atom. The second-order valence-corrected chi connectivity index (χ2v) is 6.41. The maximum Gasteiger partial charge on any atom is 0.339 e. The number of aliphatic hydroxyl groups excluding tert-OH is 1. The third-order valence-electron chi connectivity index (χ3n) is 4.71. The number of hydrogen-bond acceptors (Lipinski definition) is 5. The van der Waals surface area contributed by atoms with Gasteiger partial charge in [0.2, 0.25) is 0 Å². The van der Waals surface area contributed by atoms with E-state index in [1.165, 1.54) is 7.11 Å². The van der Waals surface area contributed by atoms with E-state index >= 15 is 0 Å². The fourth-order valence-corrected chi connectivity index (χ4v) is 3.40. The summed E-state index contributed by atoms with van der Waals surface area (Å²) < 4.78 is 4.91. The lowest BCUT2D eigenvalue weighted by atomic mass is 9.99. The summed E-state index contributed by atoms with van der Waals surface area (Å²) >= 11 is 0. The van der Waals surface area contributed by atoms with Crippen molar-refractivity contribution >= 4 is 28.6 Å². The molecule has 28 heavy (non-hydrogen) atoms. The normalized spacial score (nSPS) is 16.7. The molecule has 0 saturated carbocycles. The molecule has 3 aromatic carbocycles. The first kappa shape index (κ1) is 17.8. The summed E-state index contributed by atoms with van der Waals surface area (Å²) in [6.07, 6.45) is -0.870. The molecule has 5 nitrogen and oxygen atoms in total. The summed E-state index contributed by atoms with van der Waals surface area (Å²) in [5.74, 6) is -0.425. The highest BCUT2D eigenvalue weighted by Crippen LogP contribution is 2.39. The van der Waals surface area contributed by atoms with Crippen molar-refractivity contribution in [3.05, 3.63) is 95.6 Å². The Bertz CT molecular complexity index is 1040. The van der Waals surface area contributed by atoms with Crippen molar-refractivity contribution in [2.24, 2.45) is 0 Å². The minimum atomic E-state index is -0.870. The van der Waals surface area contributed by atoms with Crippen LogP contribution in [-0.2, 0) is 4.74 Å². The Morgan fingerprint density at radius 3 is 2.43 bits per heavy atom. The fourth-order valence-electron chi connectivity index (χ4n) is 3.40. The largest absolute Gasteiger partial charge is 0.465 e. The highest BCUT2D eigenvalue weighted by molar-refractivity contribution is 6.05. The van der Waals surface area contributed by atoms with E-state index in [-0.39, 0.29) is 0 Å². The Kier molecular flexibility index (Phi) is 4.83. The van der Waals surface area contributed by atoms with Gasteiger partial charge in [0, 0.05) is 16.8 Å². The molecule has 3 N–H and O–H groups in total. The third-order valence-corrected chi connectivity index (χ3v) is 4.71. The zero-order chi connectivity index (χ0) is 19.5. The standard InChI is InChI=1S/C23H20N2O3/c1-28-23(27)17-12-6-8-14-19(17)24-21(15-9-3-2-4-10-15)20-16-11-5-7-13-18(16)25-22(20)26/h2-14,22,24-26H,1H3/b21-20-. The summed E-state index contributed by atoms with van der Waals surface area (Å²) in [6.45, 7) is 0. The number of carbonyl (C=O) groups excluding carboxylic acids is 1. The van der Waals surface area contributed by atoms with Crippen LogP contribution in [0.15, 0.2) is 78.9 Å². The minimum absolute atomic E-state index is 0.424. The monoisotopic (exact) mass is 372 g/mol. The summed E-state index contributed by atoms with van der Waals surface area (Å²) in [6, 6.07) is 24.6. The Labute approximate surface area is 163 Å². The van der Waals surface area contributed by atoms with Gasteiger partial charge in [-0.25, -0.2) is 4.79 Å². The summed E-state index contributed by atoms with van der Waals surface area (Å²) in [5, 5.41) is 17.2. The van der Waals surface area contributed by atoms with Crippen LogP contribution in [0.1, 0.15) is 21.5 Å². The number of fused-ring (bicyclic) bond motifs is 1. The van der Waals surface area contributed by atoms with Crippen LogP contribution in [0.5, 0.6) is 0 Å². The van der Waals surface area contributed by atoms with Crippen molar-refractivity contribution in [2.75, 3.05) is 17.7 Å². The van der Waals surface area contributed by atoms with Crippen LogP contribution in [0, 0.1) is 0 Å². The van der Waals surface area contributed by atoms with Gasteiger partial charge in [-0.05, 0) is 23.8 Å². The zero-order valence-electron chi connectivity index (χ0n) is 15.3. The topological polar surface area (TPSA) is 70.6 Å². The van der Waals surface area contributed by atoms with Crippen molar-refractivity contribution < 1.29 is 14.6 Å². The first-order valence-corrected chi connectivity index (χ1v) is 8.97. The molecule has 1 heterocycles. The molecule has 1 aliphatic heterocycles. The van der Waals surface area contributed by atoms with Crippen molar-refractivity contribution in [1.82, 2.24) is 0 Å². The van der Waals surface area contributed by atoms with Crippen molar-refractivity contribution in [1.29, 1.82) is 0 Å². The Balaban J connectivity index is 1.90. The van der Waals surface area contributed by atoms with Gasteiger partial charge in [0.15, 0.2) is 6.23 Å². The van der Waals surface area contributed by atoms with E-state index in [0.717, 1.165) is 28.1 Å². The maximum absolute atomic E-state index is 12.2. The maximum atomic E-state index is 12.2. The van der Waals surface area contributed by atoms with E-state index in [9.17, 15) is 9.90 Å². The molecule has 0 fully saturated rings. The van der Waals surface area contributed by atoms with E-state index in [2.05, 4.69) is 10.6 Å². The lowest BCUT2D eigenvalue weighted by molar-refractivity contribution is 0.0602. The van der Waals surface area contributed by atoms with Gasteiger partial charge in [-0.15, -0.1) is 0 Å². The Morgan fingerprint density at radius 2 is 1.64 bits per heavy atom. The molecular formula is C23H20N2O3. The molecule has 0 aliphatic carbocycles. The molecule has 1 aliphatic rings. The van der Waals surface area contributed by atoms with E-state index in [4.69, 9.17) is 4.74 Å². The first-order valence-electron chi connectivity index (χ1n) is 8.97. The molecule has 0 spiro atoms. The molecule has 1 atom stereocenters. The second kappa shape index (κ2) is 7.58. The molecular weight excluding hydrogens is 352 g/mol. The lowest BCUT2D eigenvalue weighted by Gasteiger charge is -2.19. The lowest BCUT2D eigenvalue weighted by Crippen LogP contribution is -2.17. The van der Waals surface area contributed by atoms with Gasteiger partial charge in [-0.2, -0.15) is 0 Å². The predicted molar refractivity (Wildman–Crippen MR) is 111 cm³/mol. The van der Waals surface area contributed by atoms with Gasteiger partial charge >= 0.3 is 5.97 Å². The highest BCUT2D eigenvalue weighted by Gasteiger charge is 2.28. The molecule has 0 amide bonds. The van der Waals surface area contributed by atoms with Crippen molar-refractivity contribution in [3.63, 3.8) is 0 Å². The quantitative estimate of drug-likeness (QED) is 0.599. The second-order valence-electron chi connectivity index (χ2n) is 6.41. The molecule has 3 aromatic rings. The first-order chi connectivity index (χ1) is 13.7. The van der Waals surface area contributed by atoms with E-state index in [1.807, 2.05) is 66.7 Å². The van der Waals surface area contributed by atoms with Crippen LogP contribution >= 0.6 is 0 Å².